The third-order valence-electron chi connectivity index (χ3n) is 2.18. The molecule has 0 fully saturated rings. The van der Waals surface area contributed by atoms with Gasteiger partial charge in [-0.1, -0.05) is 22.0 Å². The third-order valence-corrected chi connectivity index (χ3v) is 3.03. The first-order valence-electron chi connectivity index (χ1n) is 4.73. The van der Waals surface area contributed by atoms with Crippen molar-refractivity contribution in [1.29, 1.82) is 0 Å². The Balaban J connectivity index is 2.15. The van der Waals surface area contributed by atoms with Crippen molar-refractivity contribution in [2.24, 2.45) is 0 Å². The van der Waals surface area contributed by atoms with Crippen molar-refractivity contribution in [2.75, 3.05) is 5.32 Å². The first-order chi connectivity index (χ1) is 7.66. The van der Waals surface area contributed by atoms with Gasteiger partial charge in [-0.25, -0.2) is 0 Å². The van der Waals surface area contributed by atoms with E-state index in [4.69, 9.17) is 0 Å². The van der Waals surface area contributed by atoms with Crippen LogP contribution in [0.2, 0.25) is 0 Å². The third kappa shape index (κ3) is 2.30. The highest BCUT2D eigenvalue weighted by Crippen LogP contribution is 2.20. The van der Waals surface area contributed by atoms with Gasteiger partial charge in [-0.3, -0.25) is 9.89 Å². The molecule has 2 rings (SSSR count). The Morgan fingerprint density at radius 2 is 2.25 bits per heavy atom. The topological polar surface area (TPSA) is 57.8 Å². The largest absolute Gasteiger partial charge is 0.321 e. The monoisotopic (exact) mass is 279 g/mol. The van der Waals surface area contributed by atoms with Gasteiger partial charge in [-0.05, 0) is 30.7 Å². The number of rotatable bonds is 2. The lowest BCUT2D eigenvalue weighted by molar-refractivity contribution is 0.102. The normalized spacial score (nSPS) is 10.1. The number of hydrogen-bond acceptors (Lipinski definition) is 2. The number of benzene rings is 1. The van der Waals surface area contributed by atoms with Crippen LogP contribution in [0, 0.1) is 6.92 Å². The number of aromatic amines is 1. The van der Waals surface area contributed by atoms with Crippen LogP contribution in [-0.4, -0.2) is 16.1 Å². The maximum Gasteiger partial charge on any atom is 0.273 e. The van der Waals surface area contributed by atoms with E-state index in [-0.39, 0.29) is 5.91 Å². The first-order valence-corrected chi connectivity index (χ1v) is 5.53. The van der Waals surface area contributed by atoms with Crippen LogP contribution in [0.1, 0.15) is 16.1 Å². The summed E-state index contributed by atoms with van der Waals surface area (Å²) in [5.74, 6) is -0.201. The minimum absolute atomic E-state index is 0.201. The molecule has 82 valence electrons. The lowest BCUT2D eigenvalue weighted by atomic mass is 10.2. The van der Waals surface area contributed by atoms with Crippen LogP contribution >= 0.6 is 15.9 Å². The number of halogens is 1. The molecule has 0 atom stereocenters. The standard InChI is InChI=1S/C11H10BrN3O/c1-7-2-3-8(6-9(7)12)14-11(16)10-4-5-13-15-10/h2-6H,1H3,(H,13,15)(H,14,16). The van der Waals surface area contributed by atoms with E-state index in [1.54, 1.807) is 12.3 Å². The molecular weight excluding hydrogens is 270 g/mol. The summed E-state index contributed by atoms with van der Waals surface area (Å²) < 4.78 is 0.968. The average molecular weight is 280 g/mol. The van der Waals surface area contributed by atoms with Crippen molar-refractivity contribution >= 4 is 27.5 Å². The summed E-state index contributed by atoms with van der Waals surface area (Å²) in [4.78, 5) is 11.7. The Labute approximate surface area is 101 Å². The van der Waals surface area contributed by atoms with Crippen LogP contribution < -0.4 is 5.32 Å². The second-order valence-corrected chi connectivity index (χ2v) is 4.24. The molecule has 0 aliphatic rings. The Bertz CT molecular complexity index is 508. The van der Waals surface area contributed by atoms with E-state index in [9.17, 15) is 4.79 Å². The van der Waals surface area contributed by atoms with E-state index < -0.39 is 0 Å². The fourth-order valence-electron chi connectivity index (χ4n) is 1.25. The van der Waals surface area contributed by atoms with Crippen LogP contribution in [0.5, 0.6) is 0 Å². The number of H-pyrrole nitrogens is 1. The zero-order valence-electron chi connectivity index (χ0n) is 8.62. The van der Waals surface area contributed by atoms with E-state index in [2.05, 4.69) is 31.4 Å². The quantitative estimate of drug-likeness (QED) is 0.888. The van der Waals surface area contributed by atoms with E-state index in [0.717, 1.165) is 15.7 Å². The molecule has 4 nitrogen and oxygen atoms in total. The number of anilines is 1. The molecule has 0 bridgehead atoms. The van der Waals surface area contributed by atoms with Crippen LogP contribution in [0.4, 0.5) is 5.69 Å². The van der Waals surface area contributed by atoms with Gasteiger partial charge in [0.1, 0.15) is 5.69 Å². The summed E-state index contributed by atoms with van der Waals surface area (Å²) in [6.45, 7) is 1.99. The molecule has 0 unspecified atom stereocenters. The molecular formula is C11H10BrN3O. The minimum Gasteiger partial charge on any atom is -0.321 e. The number of nitrogens with zero attached hydrogens (tertiary/aromatic N) is 1. The predicted octanol–water partition coefficient (Wildman–Crippen LogP) is 2.73. The number of amides is 1. The van der Waals surface area contributed by atoms with Gasteiger partial charge in [-0.2, -0.15) is 5.10 Å². The highest BCUT2D eigenvalue weighted by Gasteiger charge is 2.07. The summed E-state index contributed by atoms with van der Waals surface area (Å²) in [6, 6.07) is 7.28. The molecule has 0 saturated heterocycles. The van der Waals surface area contributed by atoms with Crippen molar-refractivity contribution in [1.82, 2.24) is 10.2 Å². The predicted molar refractivity (Wildman–Crippen MR) is 65.4 cm³/mol. The molecule has 0 aliphatic carbocycles. The fourth-order valence-corrected chi connectivity index (χ4v) is 1.63. The summed E-state index contributed by atoms with van der Waals surface area (Å²) in [7, 11) is 0. The van der Waals surface area contributed by atoms with Crippen LogP contribution in [-0.2, 0) is 0 Å². The Morgan fingerprint density at radius 3 is 2.88 bits per heavy atom. The van der Waals surface area contributed by atoms with Crippen LogP contribution in [0.25, 0.3) is 0 Å². The van der Waals surface area contributed by atoms with Crippen molar-refractivity contribution in [3.8, 4) is 0 Å². The number of carbonyl (C=O) groups is 1. The van der Waals surface area contributed by atoms with Crippen LogP contribution in [0.3, 0.4) is 0 Å². The molecule has 1 aromatic heterocycles. The molecule has 0 radical (unpaired) electrons. The molecule has 0 spiro atoms. The molecule has 5 heteroatoms. The number of hydrogen-bond donors (Lipinski definition) is 2. The zero-order chi connectivity index (χ0) is 11.5. The van der Waals surface area contributed by atoms with E-state index in [1.807, 2.05) is 25.1 Å². The number of nitrogens with one attached hydrogen (secondary N) is 2. The zero-order valence-corrected chi connectivity index (χ0v) is 10.2. The number of aryl methyl sites for hydroxylation is 1. The molecule has 0 aliphatic heterocycles. The van der Waals surface area contributed by atoms with Crippen molar-refractivity contribution in [3.63, 3.8) is 0 Å². The van der Waals surface area contributed by atoms with Gasteiger partial charge >= 0.3 is 0 Å². The maximum atomic E-state index is 11.7. The Morgan fingerprint density at radius 1 is 1.44 bits per heavy atom. The molecule has 1 aromatic carbocycles. The minimum atomic E-state index is -0.201. The molecule has 2 N–H and O–H groups in total. The molecule has 0 saturated carbocycles. The van der Waals surface area contributed by atoms with Gasteiger partial charge in [0.25, 0.3) is 5.91 Å². The lowest BCUT2D eigenvalue weighted by Gasteiger charge is -2.05. The molecule has 16 heavy (non-hydrogen) atoms. The fraction of sp³-hybridized carbons (Fsp3) is 0.0909. The highest BCUT2D eigenvalue weighted by atomic mass is 79.9. The highest BCUT2D eigenvalue weighted by molar-refractivity contribution is 9.10. The second-order valence-electron chi connectivity index (χ2n) is 3.39. The van der Waals surface area contributed by atoms with Gasteiger partial charge in [0, 0.05) is 16.4 Å². The number of carbonyl (C=O) groups excluding carboxylic acids is 1. The van der Waals surface area contributed by atoms with Crippen molar-refractivity contribution < 1.29 is 4.79 Å². The molecule has 1 amide bonds. The summed E-state index contributed by atoms with van der Waals surface area (Å²) in [6.07, 6.45) is 1.54. The lowest BCUT2D eigenvalue weighted by Crippen LogP contribution is -2.12. The number of aromatic nitrogens is 2. The summed E-state index contributed by atoms with van der Waals surface area (Å²) in [5, 5.41) is 9.10. The SMILES string of the molecule is Cc1ccc(NC(=O)c2ccn[nH]2)cc1Br. The van der Waals surface area contributed by atoms with Gasteiger partial charge in [0.05, 0.1) is 0 Å². The van der Waals surface area contributed by atoms with Gasteiger partial charge < -0.3 is 5.32 Å². The summed E-state index contributed by atoms with van der Waals surface area (Å²) in [5.41, 5.74) is 2.31. The Hall–Kier alpha value is -1.62. The second kappa shape index (κ2) is 4.49. The van der Waals surface area contributed by atoms with Crippen LogP contribution in [0.15, 0.2) is 34.9 Å². The van der Waals surface area contributed by atoms with Gasteiger partial charge in [0.15, 0.2) is 0 Å². The van der Waals surface area contributed by atoms with Crippen molar-refractivity contribution in [2.45, 2.75) is 6.92 Å². The maximum absolute atomic E-state index is 11.7. The Kier molecular flexibility index (Phi) is 3.05. The van der Waals surface area contributed by atoms with E-state index in [0.29, 0.717) is 5.69 Å². The van der Waals surface area contributed by atoms with E-state index in [1.165, 1.54) is 0 Å². The first kappa shape index (κ1) is 10.9. The smallest absolute Gasteiger partial charge is 0.273 e. The van der Waals surface area contributed by atoms with Crippen molar-refractivity contribution in [3.05, 3.63) is 46.2 Å². The van der Waals surface area contributed by atoms with Gasteiger partial charge in [-0.15, -0.1) is 0 Å². The molecule has 1 heterocycles. The molecule has 2 aromatic rings. The van der Waals surface area contributed by atoms with Gasteiger partial charge in [0.2, 0.25) is 0 Å². The van der Waals surface area contributed by atoms with E-state index >= 15 is 0 Å². The summed E-state index contributed by atoms with van der Waals surface area (Å²) >= 11 is 3.41. The average Bonchev–Trinajstić information content (AvgIpc) is 2.77.